The van der Waals surface area contributed by atoms with Gasteiger partial charge in [-0.3, -0.25) is 9.78 Å². The van der Waals surface area contributed by atoms with E-state index in [9.17, 15) is 4.79 Å². The number of hydrogen-bond acceptors (Lipinski definition) is 3. The van der Waals surface area contributed by atoms with Gasteiger partial charge >= 0.3 is 0 Å². The van der Waals surface area contributed by atoms with Crippen LogP contribution in [0, 0.1) is 0 Å². The molecule has 1 aromatic heterocycles. The van der Waals surface area contributed by atoms with Crippen molar-refractivity contribution in [2.45, 2.75) is 13.3 Å². The third-order valence-corrected chi connectivity index (χ3v) is 3.06. The summed E-state index contributed by atoms with van der Waals surface area (Å²) in [4.78, 5) is 18.2. The van der Waals surface area contributed by atoms with E-state index < -0.39 is 0 Å². The molecule has 0 atom stereocenters. The van der Waals surface area contributed by atoms with Gasteiger partial charge in [0.05, 0.1) is 17.4 Å². The third kappa shape index (κ3) is 3.15. The highest BCUT2D eigenvalue weighted by atomic mass is 16.2. The number of nitrogens with one attached hydrogen (secondary N) is 1. The molecule has 0 spiro atoms. The normalized spacial score (nSPS) is 10.1. The van der Waals surface area contributed by atoms with Crippen molar-refractivity contribution in [1.82, 2.24) is 4.98 Å². The lowest BCUT2D eigenvalue weighted by Crippen LogP contribution is -2.27. The molecule has 1 amide bonds. The predicted octanol–water partition coefficient (Wildman–Crippen LogP) is 3.18. The molecule has 4 nitrogen and oxygen atoms in total. The summed E-state index contributed by atoms with van der Waals surface area (Å²) in [5, 5.41) is 3.29. The van der Waals surface area contributed by atoms with E-state index in [0.29, 0.717) is 5.56 Å². The van der Waals surface area contributed by atoms with Crippen molar-refractivity contribution in [2.75, 3.05) is 23.8 Å². The van der Waals surface area contributed by atoms with Gasteiger partial charge < -0.3 is 10.2 Å². The average molecular weight is 269 g/mol. The van der Waals surface area contributed by atoms with E-state index in [1.54, 1.807) is 24.3 Å². The molecule has 0 aliphatic heterocycles. The molecule has 2 aromatic rings. The van der Waals surface area contributed by atoms with Gasteiger partial charge in [-0.05, 0) is 30.7 Å². The minimum atomic E-state index is -0.0443. The Kier molecular flexibility index (Phi) is 4.71. The van der Waals surface area contributed by atoms with Crippen LogP contribution in [0.5, 0.6) is 0 Å². The van der Waals surface area contributed by atoms with Crippen LogP contribution in [0.15, 0.2) is 48.8 Å². The predicted molar refractivity (Wildman–Crippen MR) is 82.2 cm³/mol. The first-order valence-corrected chi connectivity index (χ1v) is 6.75. The van der Waals surface area contributed by atoms with Crippen LogP contribution in [-0.2, 0) is 0 Å². The summed E-state index contributed by atoms with van der Waals surface area (Å²) in [6, 6.07) is 11.3. The van der Waals surface area contributed by atoms with Crippen LogP contribution in [0.3, 0.4) is 0 Å². The van der Waals surface area contributed by atoms with E-state index in [-0.39, 0.29) is 5.91 Å². The van der Waals surface area contributed by atoms with E-state index >= 15 is 0 Å². The molecule has 104 valence electrons. The first kappa shape index (κ1) is 14.1. The number of hydrogen-bond donors (Lipinski definition) is 1. The van der Waals surface area contributed by atoms with Crippen molar-refractivity contribution in [3.05, 3.63) is 54.4 Å². The highest BCUT2D eigenvalue weighted by Gasteiger charge is 2.16. The summed E-state index contributed by atoms with van der Waals surface area (Å²) < 4.78 is 0. The minimum absolute atomic E-state index is 0.0443. The number of para-hydroxylation sites is 1. The lowest BCUT2D eigenvalue weighted by atomic mass is 10.1. The van der Waals surface area contributed by atoms with Crippen LogP contribution in [0.2, 0.25) is 0 Å². The molecule has 1 aromatic carbocycles. The van der Waals surface area contributed by atoms with Gasteiger partial charge in [0.2, 0.25) is 0 Å². The summed E-state index contributed by atoms with van der Waals surface area (Å²) in [6.07, 6.45) is 4.39. The van der Waals surface area contributed by atoms with E-state index in [4.69, 9.17) is 0 Å². The number of pyridine rings is 1. The molecule has 0 unspecified atom stereocenters. The Morgan fingerprint density at radius 2 is 2.05 bits per heavy atom. The maximum atomic E-state index is 12.6. The molecule has 0 aliphatic rings. The fourth-order valence-corrected chi connectivity index (χ4v) is 1.93. The Labute approximate surface area is 119 Å². The summed E-state index contributed by atoms with van der Waals surface area (Å²) in [6.45, 7) is 2.94. The largest absolute Gasteiger partial charge is 0.384 e. The molecule has 0 radical (unpaired) electrons. The van der Waals surface area contributed by atoms with Crippen molar-refractivity contribution >= 4 is 17.3 Å². The monoisotopic (exact) mass is 269 g/mol. The summed E-state index contributed by atoms with van der Waals surface area (Å²) in [5.41, 5.74) is 2.32. The number of aromatic nitrogens is 1. The second-order valence-corrected chi connectivity index (χ2v) is 4.55. The number of benzene rings is 1. The van der Waals surface area contributed by atoms with E-state index in [2.05, 4.69) is 17.2 Å². The topological polar surface area (TPSA) is 45.2 Å². The molecule has 1 N–H and O–H groups in total. The molecular formula is C16H19N3O. The summed E-state index contributed by atoms with van der Waals surface area (Å²) in [5.74, 6) is -0.0443. The van der Waals surface area contributed by atoms with Crippen LogP contribution in [0.1, 0.15) is 23.7 Å². The Bertz CT molecular complexity index is 569. The Morgan fingerprint density at radius 1 is 1.25 bits per heavy atom. The van der Waals surface area contributed by atoms with Crippen LogP contribution in [0.25, 0.3) is 0 Å². The zero-order valence-corrected chi connectivity index (χ0v) is 11.8. The zero-order chi connectivity index (χ0) is 14.4. The lowest BCUT2D eigenvalue weighted by Gasteiger charge is -2.19. The first-order chi connectivity index (χ1) is 9.74. The van der Waals surface area contributed by atoms with Crippen molar-refractivity contribution in [3.63, 3.8) is 0 Å². The van der Waals surface area contributed by atoms with Gasteiger partial charge in [-0.2, -0.15) is 0 Å². The van der Waals surface area contributed by atoms with Crippen molar-refractivity contribution in [2.24, 2.45) is 0 Å². The number of nitrogens with zero attached hydrogens (tertiary/aromatic N) is 2. The summed E-state index contributed by atoms with van der Waals surface area (Å²) >= 11 is 0. The van der Waals surface area contributed by atoms with E-state index in [1.165, 1.54) is 0 Å². The molecule has 0 saturated carbocycles. The molecule has 4 heteroatoms. The van der Waals surface area contributed by atoms with Gasteiger partial charge in [-0.25, -0.2) is 0 Å². The first-order valence-electron chi connectivity index (χ1n) is 6.75. The van der Waals surface area contributed by atoms with Gasteiger partial charge in [0.25, 0.3) is 5.91 Å². The van der Waals surface area contributed by atoms with Crippen molar-refractivity contribution in [1.29, 1.82) is 0 Å². The smallest absolute Gasteiger partial charge is 0.260 e. The third-order valence-electron chi connectivity index (χ3n) is 3.06. The molecule has 0 aliphatic carbocycles. The second kappa shape index (κ2) is 6.70. The maximum absolute atomic E-state index is 12.6. The van der Waals surface area contributed by atoms with Crippen LogP contribution in [0.4, 0.5) is 11.4 Å². The molecule has 1 heterocycles. The van der Waals surface area contributed by atoms with Gasteiger partial charge in [-0.15, -0.1) is 0 Å². The summed E-state index contributed by atoms with van der Waals surface area (Å²) in [7, 11) is 1.76. The molecule has 0 bridgehead atoms. The number of anilines is 2. The number of rotatable bonds is 5. The van der Waals surface area contributed by atoms with E-state index in [1.807, 2.05) is 36.4 Å². The SMILES string of the molecule is CCCNc1ccccc1C(=O)N(C)c1cccnc1. The molecular weight excluding hydrogens is 250 g/mol. The van der Waals surface area contributed by atoms with Gasteiger partial charge in [0, 0.05) is 25.5 Å². The molecule has 20 heavy (non-hydrogen) atoms. The zero-order valence-electron chi connectivity index (χ0n) is 11.8. The van der Waals surface area contributed by atoms with Crippen LogP contribution < -0.4 is 10.2 Å². The van der Waals surface area contributed by atoms with Crippen LogP contribution in [-0.4, -0.2) is 24.5 Å². The Hall–Kier alpha value is -2.36. The highest BCUT2D eigenvalue weighted by molar-refractivity contribution is 6.09. The molecule has 2 rings (SSSR count). The van der Waals surface area contributed by atoms with Crippen molar-refractivity contribution in [3.8, 4) is 0 Å². The quantitative estimate of drug-likeness (QED) is 0.906. The molecule has 0 saturated heterocycles. The average Bonchev–Trinajstić information content (AvgIpc) is 2.52. The standard InChI is InChI=1S/C16H19N3O/c1-3-10-18-15-9-5-4-8-14(15)16(20)19(2)13-7-6-11-17-12-13/h4-9,11-12,18H,3,10H2,1-2H3. The Morgan fingerprint density at radius 3 is 2.75 bits per heavy atom. The van der Waals surface area contributed by atoms with E-state index in [0.717, 1.165) is 24.3 Å². The van der Waals surface area contributed by atoms with Gasteiger partial charge in [0.15, 0.2) is 0 Å². The fourth-order valence-electron chi connectivity index (χ4n) is 1.93. The maximum Gasteiger partial charge on any atom is 0.260 e. The molecule has 0 fully saturated rings. The number of carbonyl (C=O) groups is 1. The van der Waals surface area contributed by atoms with Crippen LogP contribution >= 0.6 is 0 Å². The number of amides is 1. The number of carbonyl (C=O) groups excluding carboxylic acids is 1. The fraction of sp³-hybridized carbons (Fsp3) is 0.250. The Balaban J connectivity index is 2.25. The van der Waals surface area contributed by atoms with Gasteiger partial charge in [0.1, 0.15) is 0 Å². The lowest BCUT2D eigenvalue weighted by molar-refractivity contribution is 0.0993. The minimum Gasteiger partial charge on any atom is -0.384 e. The van der Waals surface area contributed by atoms with Gasteiger partial charge in [-0.1, -0.05) is 19.1 Å². The van der Waals surface area contributed by atoms with Crippen molar-refractivity contribution < 1.29 is 4.79 Å². The highest BCUT2D eigenvalue weighted by Crippen LogP contribution is 2.20. The second-order valence-electron chi connectivity index (χ2n) is 4.55.